The number of nitrogens with one attached hydrogen (secondary N) is 3. The third-order valence-electron chi connectivity index (χ3n) is 3.03. The Morgan fingerprint density at radius 2 is 1.55 bits per heavy atom. The zero-order valence-electron chi connectivity index (χ0n) is 19.4. The van der Waals surface area contributed by atoms with Crippen LogP contribution in [0.15, 0.2) is 47.4 Å². The van der Waals surface area contributed by atoms with Crippen LogP contribution < -0.4 is 15.6 Å². The Morgan fingerprint density at radius 3 is 2.10 bits per heavy atom. The molecular formula is C23H35Cl2N3O2S. The number of hydrogen-bond donors (Lipinski definition) is 3. The third-order valence-corrected chi connectivity index (χ3v) is 4.35. The molecule has 0 saturated carbocycles. The highest BCUT2D eigenvalue weighted by molar-refractivity contribution is 8.00. The standard InChI is InChI=1S/C18H21Cl2N3O2S.C3H8.C2H6/c1-18(2,3)25-17(24)22-21-11-12-4-5-14(20)10-16(12)23-26-15-8-6-13(19)7-9-15;1-3-2;1-2/h4-10,21,23H,11H2,1-3H3,(H,22,24);3H2,1-2H3;1-2H3. The number of ether oxygens (including phenoxy) is 1. The average molecular weight is 489 g/mol. The van der Waals surface area contributed by atoms with E-state index in [2.05, 4.69) is 29.4 Å². The first-order chi connectivity index (χ1) is 14.6. The molecule has 2 aromatic rings. The summed E-state index contributed by atoms with van der Waals surface area (Å²) in [5, 5.41) is 1.31. The molecule has 174 valence electrons. The highest BCUT2D eigenvalue weighted by atomic mass is 35.5. The van der Waals surface area contributed by atoms with Crippen molar-refractivity contribution in [1.82, 2.24) is 10.9 Å². The lowest BCUT2D eigenvalue weighted by Gasteiger charge is -2.20. The van der Waals surface area contributed by atoms with Crippen molar-refractivity contribution < 1.29 is 9.53 Å². The van der Waals surface area contributed by atoms with Crippen LogP contribution in [0.2, 0.25) is 10.0 Å². The molecule has 0 saturated heterocycles. The van der Waals surface area contributed by atoms with Crippen LogP contribution in [0, 0.1) is 0 Å². The molecule has 0 spiro atoms. The molecule has 0 aliphatic carbocycles. The van der Waals surface area contributed by atoms with Crippen molar-refractivity contribution in [2.75, 3.05) is 4.72 Å². The van der Waals surface area contributed by atoms with Gasteiger partial charge in [-0.2, -0.15) is 0 Å². The first kappa shape index (κ1) is 29.4. The summed E-state index contributed by atoms with van der Waals surface area (Å²) in [4.78, 5) is 12.7. The maximum Gasteiger partial charge on any atom is 0.422 e. The van der Waals surface area contributed by atoms with E-state index in [1.807, 2.05) is 71.0 Å². The first-order valence-corrected chi connectivity index (χ1v) is 11.9. The molecule has 2 rings (SSSR count). The van der Waals surface area contributed by atoms with Crippen molar-refractivity contribution in [2.45, 2.75) is 71.9 Å². The molecule has 31 heavy (non-hydrogen) atoms. The Labute approximate surface area is 201 Å². The summed E-state index contributed by atoms with van der Waals surface area (Å²) < 4.78 is 8.45. The molecule has 2 aromatic carbocycles. The summed E-state index contributed by atoms with van der Waals surface area (Å²) in [6, 6.07) is 13.0. The third kappa shape index (κ3) is 14.2. The van der Waals surface area contributed by atoms with Gasteiger partial charge in [-0.15, -0.1) is 0 Å². The first-order valence-electron chi connectivity index (χ1n) is 10.3. The van der Waals surface area contributed by atoms with Gasteiger partial charge in [-0.25, -0.2) is 10.2 Å². The Morgan fingerprint density at radius 1 is 1.00 bits per heavy atom. The number of carbonyl (C=O) groups excluding carboxylic acids is 1. The number of amides is 1. The molecular weight excluding hydrogens is 453 g/mol. The lowest BCUT2D eigenvalue weighted by atomic mass is 10.2. The minimum atomic E-state index is -0.548. The van der Waals surface area contributed by atoms with E-state index >= 15 is 0 Å². The molecule has 0 unspecified atom stereocenters. The predicted octanol–water partition coefficient (Wildman–Crippen LogP) is 8.08. The number of carbonyl (C=O) groups is 1. The molecule has 0 radical (unpaired) electrons. The minimum absolute atomic E-state index is 0.403. The lowest BCUT2D eigenvalue weighted by Crippen LogP contribution is -2.40. The van der Waals surface area contributed by atoms with Crippen LogP contribution in [0.5, 0.6) is 0 Å². The van der Waals surface area contributed by atoms with Gasteiger partial charge in [0.1, 0.15) is 5.60 Å². The summed E-state index contributed by atoms with van der Waals surface area (Å²) in [6.07, 6.45) is 0.719. The second-order valence-corrected chi connectivity index (χ2v) is 8.90. The molecule has 1 amide bonds. The van der Waals surface area contributed by atoms with Gasteiger partial charge >= 0.3 is 6.09 Å². The van der Waals surface area contributed by atoms with E-state index in [0.717, 1.165) is 16.1 Å². The fraction of sp³-hybridized carbons (Fsp3) is 0.435. The summed E-state index contributed by atoms with van der Waals surface area (Å²) in [5.41, 5.74) is 6.60. The predicted molar refractivity (Wildman–Crippen MR) is 136 cm³/mol. The topological polar surface area (TPSA) is 62.4 Å². The number of hydrogen-bond acceptors (Lipinski definition) is 5. The van der Waals surface area contributed by atoms with Crippen LogP contribution in [0.3, 0.4) is 0 Å². The molecule has 8 heteroatoms. The second-order valence-electron chi connectivity index (χ2n) is 7.15. The van der Waals surface area contributed by atoms with Crippen molar-refractivity contribution in [2.24, 2.45) is 0 Å². The van der Waals surface area contributed by atoms with E-state index < -0.39 is 11.7 Å². The van der Waals surface area contributed by atoms with E-state index in [1.165, 1.54) is 18.4 Å². The summed E-state index contributed by atoms with van der Waals surface area (Å²) >= 11 is 13.4. The number of halogens is 2. The van der Waals surface area contributed by atoms with E-state index in [1.54, 1.807) is 6.07 Å². The summed E-state index contributed by atoms with van der Waals surface area (Å²) in [7, 11) is 0. The molecule has 0 aliphatic rings. The van der Waals surface area contributed by atoms with Crippen LogP contribution in [0.4, 0.5) is 10.5 Å². The van der Waals surface area contributed by atoms with Crippen LogP contribution in [0.25, 0.3) is 0 Å². The summed E-state index contributed by atoms with van der Waals surface area (Å²) in [5.74, 6) is 0. The highest BCUT2D eigenvalue weighted by Crippen LogP contribution is 2.27. The van der Waals surface area contributed by atoms with Crippen molar-refractivity contribution in [3.63, 3.8) is 0 Å². The van der Waals surface area contributed by atoms with Gasteiger partial charge < -0.3 is 9.46 Å². The van der Waals surface area contributed by atoms with Crippen LogP contribution in [-0.4, -0.2) is 11.7 Å². The number of benzene rings is 2. The number of anilines is 1. The minimum Gasteiger partial charge on any atom is -0.443 e. The van der Waals surface area contributed by atoms with Crippen molar-refractivity contribution in [1.29, 1.82) is 0 Å². The molecule has 0 fully saturated rings. The zero-order chi connectivity index (χ0) is 23.9. The maximum absolute atomic E-state index is 11.7. The number of hydrazine groups is 1. The van der Waals surface area contributed by atoms with E-state index in [0.29, 0.717) is 16.6 Å². The van der Waals surface area contributed by atoms with Gasteiger partial charge in [0.2, 0.25) is 0 Å². The van der Waals surface area contributed by atoms with Crippen molar-refractivity contribution >= 4 is 46.9 Å². The lowest BCUT2D eigenvalue weighted by molar-refractivity contribution is 0.0497. The molecule has 5 nitrogen and oxygen atoms in total. The zero-order valence-corrected chi connectivity index (χ0v) is 21.8. The molecule has 0 aromatic heterocycles. The van der Waals surface area contributed by atoms with E-state index in [9.17, 15) is 4.79 Å². The van der Waals surface area contributed by atoms with Crippen molar-refractivity contribution in [3.05, 3.63) is 58.1 Å². The molecule has 0 aliphatic heterocycles. The van der Waals surface area contributed by atoms with E-state index in [-0.39, 0.29) is 0 Å². The SMILES string of the molecule is CC.CC(C)(C)OC(=O)NNCc1ccc(Cl)cc1NSc1ccc(Cl)cc1.CCC. The van der Waals surface area contributed by atoms with Gasteiger partial charge in [-0.3, -0.25) is 5.43 Å². The molecule has 0 bridgehead atoms. The Balaban J connectivity index is 0.00000165. The monoisotopic (exact) mass is 487 g/mol. The van der Waals surface area contributed by atoms with Gasteiger partial charge in [0.05, 0.1) is 5.69 Å². The quantitative estimate of drug-likeness (QED) is 0.283. The number of rotatable bonds is 6. The Bertz CT molecular complexity index is 766. The van der Waals surface area contributed by atoms with Gasteiger partial charge in [-0.05, 0) is 74.7 Å². The summed E-state index contributed by atoms with van der Waals surface area (Å²) in [6.45, 7) is 14.1. The van der Waals surface area contributed by atoms with Crippen molar-refractivity contribution in [3.8, 4) is 0 Å². The van der Waals surface area contributed by atoms with E-state index in [4.69, 9.17) is 27.9 Å². The van der Waals surface area contributed by atoms with Crippen LogP contribution in [-0.2, 0) is 11.3 Å². The second kappa shape index (κ2) is 16.1. The smallest absolute Gasteiger partial charge is 0.422 e. The molecule has 3 N–H and O–H groups in total. The Hall–Kier alpha value is -1.60. The fourth-order valence-electron chi connectivity index (χ4n) is 1.93. The average Bonchev–Trinajstić information content (AvgIpc) is 2.70. The molecule has 0 atom stereocenters. The largest absolute Gasteiger partial charge is 0.443 e. The van der Waals surface area contributed by atoms with Gasteiger partial charge in [0.25, 0.3) is 0 Å². The molecule has 0 heterocycles. The van der Waals surface area contributed by atoms with Gasteiger partial charge in [-0.1, -0.05) is 63.4 Å². The Kier molecular flexibility index (Phi) is 15.3. The van der Waals surface area contributed by atoms with Gasteiger partial charge in [0.15, 0.2) is 0 Å². The maximum atomic E-state index is 11.7. The normalized spacial score (nSPS) is 10.1. The van der Waals surface area contributed by atoms with Crippen LogP contribution in [0.1, 0.15) is 60.5 Å². The van der Waals surface area contributed by atoms with Crippen LogP contribution >= 0.6 is 35.1 Å². The van der Waals surface area contributed by atoms with Gasteiger partial charge in [0, 0.05) is 21.5 Å². The highest BCUT2D eigenvalue weighted by Gasteiger charge is 2.15. The fourth-order valence-corrected chi connectivity index (χ4v) is 2.92.